The van der Waals surface area contributed by atoms with Crippen molar-refractivity contribution in [3.05, 3.63) is 12.7 Å². The predicted octanol–water partition coefficient (Wildman–Crippen LogP) is -3.43. The van der Waals surface area contributed by atoms with Gasteiger partial charge in [0.2, 0.25) is 0 Å². The third-order valence-electron chi connectivity index (χ3n) is 2.41. The van der Waals surface area contributed by atoms with E-state index in [1.54, 1.807) is 0 Å². The Balaban J connectivity index is 2.55. The molecular formula is C9H16O10S. The van der Waals surface area contributed by atoms with Gasteiger partial charge in [-0.2, -0.15) is 16.8 Å². The molecule has 118 valence electrons. The van der Waals surface area contributed by atoms with Crippen LogP contribution in [0.1, 0.15) is 0 Å². The summed E-state index contributed by atoms with van der Waals surface area (Å²) in [4.78, 5) is 0. The predicted molar refractivity (Wildman–Crippen MR) is 61.1 cm³/mol. The van der Waals surface area contributed by atoms with Crippen molar-refractivity contribution >= 4 is 10.4 Å². The van der Waals surface area contributed by atoms with Crippen LogP contribution in [0, 0.1) is 0 Å². The first-order valence-corrected chi connectivity index (χ1v) is 6.76. The van der Waals surface area contributed by atoms with E-state index in [0.717, 1.165) is 0 Å². The maximum absolute atomic E-state index is 10.6. The molecule has 1 rings (SSSR count). The van der Waals surface area contributed by atoms with Crippen molar-refractivity contribution in [1.29, 1.82) is 0 Å². The third kappa shape index (κ3) is 3.94. The average molecular weight is 316 g/mol. The van der Waals surface area contributed by atoms with Crippen LogP contribution in [0.2, 0.25) is 0 Å². The lowest BCUT2D eigenvalue weighted by molar-refractivity contribution is -0.381. The van der Waals surface area contributed by atoms with Gasteiger partial charge in [-0.05, 0) is 0 Å². The van der Waals surface area contributed by atoms with Gasteiger partial charge in [-0.15, -0.1) is 6.58 Å². The van der Waals surface area contributed by atoms with Crippen LogP contribution in [0.5, 0.6) is 0 Å². The van der Waals surface area contributed by atoms with E-state index in [4.69, 9.17) is 4.74 Å². The van der Waals surface area contributed by atoms with Crippen LogP contribution in [0.3, 0.4) is 0 Å². The van der Waals surface area contributed by atoms with Crippen molar-refractivity contribution < 1.29 is 47.1 Å². The minimum Gasteiger partial charge on any atom is -0.388 e. The first-order chi connectivity index (χ1) is 9.13. The van der Waals surface area contributed by atoms with Crippen molar-refractivity contribution in [2.75, 3.05) is 13.2 Å². The molecule has 4 atom stereocenters. The van der Waals surface area contributed by atoms with E-state index in [1.807, 2.05) is 0 Å². The van der Waals surface area contributed by atoms with Crippen LogP contribution in [0.25, 0.3) is 0 Å². The summed E-state index contributed by atoms with van der Waals surface area (Å²) in [5, 5.41) is 47.4. The highest BCUT2D eigenvalue weighted by atomic mass is 32.3. The molecule has 0 bridgehead atoms. The number of aliphatic hydroxyl groups is 5. The summed E-state index contributed by atoms with van der Waals surface area (Å²) in [6, 6.07) is 0. The average Bonchev–Trinajstić information content (AvgIpc) is 2.33. The molecule has 0 aliphatic carbocycles. The van der Waals surface area contributed by atoms with Crippen LogP contribution in [-0.4, -0.2) is 77.6 Å². The normalized spacial score (nSPS) is 26.1. The molecule has 1 heterocycles. The van der Waals surface area contributed by atoms with Gasteiger partial charge in [0.05, 0.1) is 13.2 Å². The molecule has 1 aliphatic rings. The summed E-state index contributed by atoms with van der Waals surface area (Å²) in [6.07, 6.45) is -6.67. The maximum atomic E-state index is 10.6. The number of hydrogen-bond acceptors (Lipinski definition) is 10. The van der Waals surface area contributed by atoms with Crippen molar-refractivity contribution in [2.45, 2.75) is 30.4 Å². The molecule has 20 heavy (non-hydrogen) atoms. The van der Waals surface area contributed by atoms with Gasteiger partial charge >= 0.3 is 16.4 Å². The van der Waals surface area contributed by atoms with Crippen molar-refractivity contribution in [3.8, 4) is 0 Å². The van der Waals surface area contributed by atoms with Crippen molar-refractivity contribution in [3.63, 3.8) is 0 Å². The molecular weight excluding hydrogens is 300 g/mol. The van der Waals surface area contributed by atoms with E-state index >= 15 is 0 Å². The lowest BCUT2D eigenvalue weighted by Gasteiger charge is -2.39. The molecule has 0 radical (unpaired) electrons. The zero-order valence-corrected chi connectivity index (χ0v) is 11.0. The SMILES string of the molecule is C=CCOCC(O)C(O)C(O)C(O)C1(O)OS(=O)(=O)O1. The quantitative estimate of drug-likeness (QED) is 0.225. The molecule has 1 aliphatic heterocycles. The van der Waals surface area contributed by atoms with Crippen LogP contribution < -0.4 is 0 Å². The van der Waals surface area contributed by atoms with Crippen LogP contribution in [0.4, 0.5) is 0 Å². The Labute approximate surface area is 114 Å². The minimum absolute atomic E-state index is 0.0802. The second-order valence-electron chi connectivity index (χ2n) is 4.03. The van der Waals surface area contributed by atoms with Gasteiger partial charge in [-0.1, -0.05) is 6.08 Å². The van der Waals surface area contributed by atoms with E-state index in [9.17, 15) is 34.0 Å². The fourth-order valence-corrected chi connectivity index (χ4v) is 2.19. The highest BCUT2D eigenvalue weighted by Crippen LogP contribution is 2.33. The molecule has 1 saturated heterocycles. The van der Waals surface area contributed by atoms with Gasteiger partial charge in [-0.3, -0.25) is 0 Å². The number of aliphatic hydroxyl groups excluding tert-OH is 4. The highest BCUT2D eigenvalue weighted by Gasteiger charge is 2.60. The summed E-state index contributed by atoms with van der Waals surface area (Å²) < 4.78 is 33.7. The van der Waals surface area contributed by atoms with Crippen molar-refractivity contribution in [2.24, 2.45) is 0 Å². The summed E-state index contributed by atoms with van der Waals surface area (Å²) in [5.74, 6) is -3.01. The van der Waals surface area contributed by atoms with E-state index in [-0.39, 0.29) is 6.61 Å². The molecule has 1 fully saturated rings. The summed E-state index contributed by atoms with van der Waals surface area (Å²) in [6.45, 7) is 3.04. The van der Waals surface area contributed by atoms with Gasteiger partial charge in [0.15, 0.2) is 6.10 Å². The van der Waals surface area contributed by atoms with Crippen LogP contribution in [-0.2, 0) is 23.5 Å². The third-order valence-corrected chi connectivity index (χ3v) is 3.29. The highest BCUT2D eigenvalue weighted by molar-refractivity contribution is 7.82. The summed E-state index contributed by atoms with van der Waals surface area (Å²) >= 11 is 0. The Morgan fingerprint density at radius 1 is 1.20 bits per heavy atom. The molecule has 0 saturated carbocycles. The molecule has 0 amide bonds. The summed E-state index contributed by atoms with van der Waals surface area (Å²) in [7, 11) is -4.43. The Morgan fingerprint density at radius 3 is 2.20 bits per heavy atom. The zero-order chi connectivity index (χ0) is 15.6. The molecule has 4 unspecified atom stereocenters. The fourth-order valence-electron chi connectivity index (χ4n) is 1.40. The van der Waals surface area contributed by atoms with E-state index in [0.29, 0.717) is 0 Å². The number of ether oxygens (including phenoxy) is 1. The first kappa shape index (κ1) is 17.4. The number of hydrogen-bond donors (Lipinski definition) is 5. The molecule has 0 aromatic rings. The standard InChI is InChI=1S/C9H16O10S/c1-2-3-17-4-5(10)6(11)7(12)8(13)9(14)18-20(15,16)19-9/h2,5-8,10-14H,1,3-4H2. The van der Waals surface area contributed by atoms with Gasteiger partial charge in [0, 0.05) is 0 Å². The molecule has 10 nitrogen and oxygen atoms in total. The van der Waals surface area contributed by atoms with E-state index in [1.165, 1.54) is 6.08 Å². The van der Waals surface area contributed by atoms with Gasteiger partial charge in [0.1, 0.15) is 18.3 Å². The molecule has 11 heteroatoms. The fraction of sp³-hybridized carbons (Fsp3) is 0.778. The lowest BCUT2D eigenvalue weighted by Crippen LogP contribution is -2.64. The second-order valence-corrected chi connectivity index (χ2v) is 5.17. The molecule has 0 aromatic carbocycles. The Hall–Kier alpha value is -0.630. The van der Waals surface area contributed by atoms with Crippen LogP contribution >= 0.6 is 0 Å². The molecule has 5 N–H and O–H groups in total. The summed E-state index contributed by atoms with van der Waals surface area (Å²) in [5.41, 5.74) is 0. The Kier molecular flexibility index (Phi) is 5.60. The van der Waals surface area contributed by atoms with Gasteiger partial charge in [-0.25, -0.2) is 0 Å². The maximum Gasteiger partial charge on any atom is 0.409 e. The van der Waals surface area contributed by atoms with Gasteiger partial charge < -0.3 is 30.3 Å². The lowest BCUT2D eigenvalue weighted by atomic mass is 10.0. The first-order valence-electron chi connectivity index (χ1n) is 5.42. The molecule has 0 spiro atoms. The van der Waals surface area contributed by atoms with E-state index < -0.39 is 47.4 Å². The van der Waals surface area contributed by atoms with Crippen molar-refractivity contribution in [1.82, 2.24) is 0 Å². The number of rotatable bonds is 8. The minimum atomic E-state index is -4.43. The smallest absolute Gasteiger partial charge is 0.388 e. The van der Waals surface area contributed by atoms with Gasteiger partial charge in [0.25, 0.3) is 0 Å². The monoisotopic (exact) mass is 316 g/mol. The van der Waals surface area contributed by atoms with E-state index in [2.05, 4.69) is 14.9 Å². The Morgan fingerprint density at radius 2 is 1.75 bits per heavy atom. The zero-order valence-electron chi connectivity index (χ0n) is 10.2. The Bertz CT molecular complexity index is 422. The topological polar surface area (TPSA) is 163 Å². The largest absolute Gasteiger partial charge is 0.409 e. The van der Waals surface area contributed by atoms with Crippen LogP contribution in [0.15, 0.2) is 12.7 Å². The second kappa shape index (κ2) is 6.43. The molecule has 0 aromatic heterocycles.